The van der Waals surface area contributed by atoms with Crippen LogP contribution in [-0.2, 0) is 19.7 Å². The van der Waals surface area contributed by atoms with E-state index in [1.807, 2.05) is 0 Å². The first kappa shape index (κ1) is 30.8. The minimum atomic E-state index is -3.75. The van der Waals surface area contributed by atoms with Gasteiger partial charge >= 0.3 is 155 Å². The van der Waals surface area contributed by atoms with Gasteiger partial charge in [-0.3, -0.25) is 0 Å². The maximum atomic E-state index is 10.6. The standard InChI is InChI=1S/C16H33O3S.C4H4O4.Na/c1-2-3-4-5-6-7-8-9-10-11-12-13-14-15-16-20(17,18)19;5-3(6)1-2-4(7)8;/h13H,2-12,14-16H2,1H3,(H,17,18,19);1-2H,(H,5,6)(H,7,8);/b;2-1-;. The van der Waals surface area contributed by atoms with E-state index in [2.05, 4.69) is 6.92 Å². The zero-order valence-electron chi connectivity index (χ0n) is 18.0. The van der Waals surface area contributed by atoms with Gasteiger partial charge in [-0.2, -0.15) is 0 Å². The number of hydrogen-bond acceptors (Lipinski definition) is 4. The monoisotopic (exact) mass is 444 g/mol. The zero-order chi connectivity index (χ0) is 22.5. The average molecular weight is 445 g/mol. The molecule has 0 saturated heterocycles. The Morgan fingerprint density at radius 2 is 1.17 bits per heavy atom. The number of aliphatic carboxylic acids is 2. The van der Waals surface area contributed by atoms with Crippen LogP contribution in [0.3, 0.4) is 0 Å². The van der Waals surface area contributed by atoms with Gasteiger partial charge in [-0.05, 0) is 0 Å². The molecule has 3 N–H and O–H groups in total. The molecule has 1 atom stereocenters. The van der Waals surface area contributed by atoms with Gasteiger partial charge in [0.05, 0.1) is 0 Å². The van der Waals surface area contributed by atoms with Crippen LogP contribution in [0.4, 0.5) is 0 Å². The van der Waals surface area contributed by atoms with E-state index in [0.29, 0.717) is 21.7 Å². The van der Waals surface area contributed by atoms with Crippen LogP contribution in [0, 0.1) is 0 Å². The average Bonchev–Trinajstić information content (AvgIpc) is 2.61. The molecule has 7 nitrogen and oxygen atoms in total. The fourth-order valence-electron chi connectivity index (χ4n) is 2.88. The number of carboxylic acids is 2. The van der Waals surface area contributed by atoms with Gasteiger partial charge in [0, 0.05) is 12.2 Å². The minimum Gasteiger partial charge on any atom is -0.478 e. The summed E-state index contributed by atoms with van der Waals surface area (Å²) in [5, 5.41) is 15.6. The molecule has 0 aromatic carbocycles. The Hall–Kier alpha value is -0.410. The van der Waals surface area contributed by atoms with Gasteiger partial charge in [0.25, 0.3) is 0 Å². The van der Waals surface area contributed by atoms with E-state index < -0.39 is 22.1 Å². The third-order valence-corrected chi connectivity index (χ3v) is 6.48. The molecule has 166 valence electrons. The molecule has 0 heterocycles. The quantitative estimate of drug-likeness (QED) is 0.129. The van der Waals surface area contributed by atoms with Crippen molar-refractivity contribution in [1.82, 2.24) is 0 Å². The van der Waals surface area contributed by atoms with Crippen LogP contribution in [-0.4, -0.2) is 68.8 Å². The SMILES string of the molecule is CCCCCCCCCCCC[CH]([Na])CCCS(=O)(=O)O.O=C(O)/C=C\C(=O)O. The molecule has 0 amide bonds. The second kappa shape index (κ2) is 20.8. The van der Waals surface area contributed by atoms with Crippen molar-refractivity contribution >= 4 is 50.0 Å². The molecule has 0 saturated carbocycles. The van der Waals surface area contributed by atoms with Crippen LogP contribution in [0.2, 0.25) is 3.17 Å². The molecule has 29 heavy (non-hydrogen) atoms. The molecule has 0 bridgehead atoms. The van der Waals surface area contributed by atoms with Gasteiger partial charge in [-0.25, -0.2) is 9.59 Å². The van der Waals surface area contributed by atoms with E-state index in [4.69, 9.17) is 14.8 Å². The van der Waals surface area contributed by atoms with Crippen molar-refractivity contribution in [2.24, 2.45) is 0 Å². The van der Waals surface area contributed by atoms with Crippen molar-refractivity contribution in [2.45, 2.75) is 93.6 Å². The van der Waals surface area contributed by atoms with E-state index in [1.165, 1.54) is 70.6 Å². The fourth-order valence-corrected chi connectivity index (χ4v) is 4.23. The number of carboxylic acid groups (broad SMARTS) is 2. The Kier molecular flexibility index (Phi) is 22.1. The normalized spacial score (nSPS) is 12.4. The van der Waals surface area contributed by atoms with Crippen LogP contribution in [0.5, 0.6) is 0 Å². The molecule has 0 aromatic rings. The molecule has 0 aliphatic carbocycles. The Balaban J connectivity index is 0. The van der Waals surface area contributed by atoms with Crippen molar-refractivity contribution in [3.05, 3.63) is 12.2 Å². The zero-order valence-corrected chi connectivity index (χ0v) is 20.8. The van der Waals surface area contributed by atoms with Gasteiger partial charge in [0.15, 0.2) is 0 Å². The first-order chi connectivity index (χ1) is 13.6. The number of rotatable bonds is 17. The summed E-state index contributed by atoms with van der Waals surface area (Å²) in [4.78, 5) is 19.1. The summed E-state index contributed by atoms with van der Waals surface area (Å²) in [7, 11) is -3.75. The first-order valence-corrected chi connectivity index (χ1v) is 13.4. The van der Waals surface area contributed by atoms with Crippen molar-refractivity contribution in [1.29, 1.82) is 0 Å². The predicted molar refractivity (Wildman–Crippen MR) is 116 cm³/mol. The van der Waals surface area contributed by atoms with E-state index in [-0.39, 0.29) is 5.75 Å². The molecule has 0 radical (unpaired) electrons. The van der Waals surface area contributed by atoms with Crippen molar-refractivity contribution < 1.29 is 32.8 Å². The molecular formula is C20H37NaO7S. The predicted octanol–water partition coefficient (Wildman–Crippen LogP) is 4.63. The Morgan fingerprint density at radius 1 is 0.793 bits per heavy atom. The molecule has 0 aromatic heterocycles. The number of unbranched alkanes of at least 4 members (excludes halogenated alkanes) is 9. The van der Waals surface area contributed by atoms with E-state index in [0.717, 1.165) is 34.4 Å². The van der Waals surface area contributed by atoms with Crippen LogP contribution in [0.15, 0.2) is 12.2 Å². The van der Waals surface area contributed by atoms with Crippen LogP contribution in [0.1, 0.15) is 90.4 Å². The molecule has 0 fully saturated rings. The van der Waals surface area contributed by atoms with Gasteiger partial charge < -0.3 is 10.2 Å². The van der Waals surface area contributed by atoms with Crippen LogP contribution >= 0.6 is 0 Å². The summed E-state index contributed by atoms with van der Waals surface area (Å²) in [5.41, 5.74) is 0. The summed E-state index contributed by atoms with van der Waals surface area (Å²) in [6.45, 7) is 2.26. The second-order valence-electron chi connectivity index (χ2n) is 7.51. The van der Waals surface area contributed by atoms with Crippen molar-refractivity contribution in [3.8, 4) is 0 Å². The van der Waals surface area contributed by atoms with Crippen LogP contribution < -0.4 is 0 Å². The second-order valence-corrected chi connectivity index (χ2v) is 10.7. The summed E-state index contributed by atoms with van der Waals surface area (Å²) >= 11 is 1.13. The largest absolute Gasteiger partial charge is 0.478 e. The van der Waals surface area contributed by atoms with E-state index >= 15 is 0 Å². The molecule has 0 aliphatic rings. The van der Waals surface area contributed by atoms with Crippen molar-refractivity contribution in [2.75, 3.05) is 5.75 Å². The Morgan fingerprint density at radius 3 is 1.55 bits per heavy atom. The van der Waals surface area contributed by atoms with Crippen molar-refractivity contribution in [3.63, 3.8) is 0 Å². The van der Waals surface area contributed by atoms with E-state index in [9.17, 15) is 18.0 Å². The van der Waals surface area contributed by atoms with Gasteiger partial charge in [-0.1, -0.05) is 6.92 Å². The number of carbonyl (C=O) groups is 2. The molecule has 1 unspecified atom stereocenters. The maximum absolute atomic E-state index is 10.6. The third kappa shape index (κ3) is 32.5. The van der Waals surface area contributed by atoms with Gasteiger partial charge in [-0.15, -0.1) is 0 Å². The Bertz CT molecular complexity index is 531. The third-order valence-electron chi connectivity index (χ3n) is 4.52. The maximum Gasteiger partial charge on any atom is 0.328 e. The number of hydrogen-bond donors (Lipinski definition) is 3. The van der Waals surface area contributed by atoms with E-state index in [1.54, 1.807) is 0 Å². The van der Waals surface area contributed by atoms with Gasteiger partial charge in [0.1, 0.15) is 0 Å². The summed E-state index contributed by atoms with van der Waals surface area (Å²) < 4.78 is 30.6. The van der Waals surface area contributed by atoms with Crippen LogP contribution in [0.25, 0.3) is 0 Å². The molecule has 0 aliphatic heterocycles. The molecule has 0 spiro atoms. The molecule has 0 rings (SSSR count). The molecule has 9 heteroatoms. The summed E-state index contributed by atoms with van der Waals surface area (Å²) in [6, 6.07) is 0. The topological polar surface area (TPSA) is 129 Å². The fraction of sp³-hybridized carbons (Fsp3) is 0.800. The smallest absolute Gasteiger partial charge is 0.328 e. The summed E-state index contributed by atoms with van der Waals surface area (Å²) in [6.07, 6.45) is 17.6. The first-order valence-electron chi connectivity index (χ1n) is 10.7. The molecular weight excluding hydrogens is 407 g/mol. The van der Waals surface area contributed by atoms with Gasteiger partial charge in [0.2, 0.25) is 0 Å². The minimum absolute atomic E-state index is 0.0657. The Labute approximate surface area is 193 Å². The summed E-state index contributed by atoms with van der Waals surface area (Å²) in [5.74, 6) is -2.58.